The lowest BCUT2D eigenvalue weighted by Gasteiger charge is -2.20. The Labute approximate surface area is 135 Å². The lowest BCUT2D eigenvalue weighted by molar-refractivity contribution is -0.484. The van der Waals surface area contributed by atoms with Crippen molar-refractivity contribution < 1.29 is 37.9 Å². The van der Waals surface area contributed by atoms with Gasteiger partial charge in [-0.3, -0.25) is 19.7 Å². The van der Waals surface area contributed by atoms with E-state index in [0.29, 0.717) is 12.1 Å². The number of nitrogens with zero attached hydrogens (tertiary/aromatic N) is 1. The van der Waals surface area contributed by atoms with Crippen LogP contribution in [0.5, 0.6) is 5.75 Å². The Hall–Kier alpha value is -2.78. The number of aliphatic carboxylic acids is 1. The molecule has 10 heteroatoms. The Kier molecular flexibility index (Phi) is 6.57. The predicted octanol–water partition coefficient (Wildman–Crippen LogP) is 1.60. The third kappa shape index (κ3) is 4.37. The van der Waals surface area contributed by atoms with Gasteiger partial charge in [-0.2, -0.15) is 0 Å². The van der Waals surface area contributed by atoms with Gasteiger partial charge < -0.3 is 14.6 Å². The van der Waals surface area contributed by atoms with E-state index in [0.717, 1.165) is 7.11 Å². The monoisotopic (exact) mass is 347 g/mol. The molecule has 2 unspecified atom stereocenters. The first kappa shape index (κ1) is 19.3. The van der Waals surface area contributed by atoms with E-state index in [1.165, 1.54) is 6.92 Å². The zero-order chi connectivity index (χ0) is 18.4. The molecule has 0 spiro atoms. The minimum absolute atomic E-state index is 0.154. The van der Waals surface area contributed by atoms with Gasteiger partial charge in [0.1, 0.15) is 0 Å². The first-order valence-electron chi connectivity index (χ1n) is 6.77. The van der Waals surface area contributed by atoms with Crippen LogP contribution in [-0.4, -0.2) is 42.2 Å². The van der Waals surface area contributed by atoms with Gasteiger partial charge in [-0.1, -0.05) is 0 Å². The number of halogens is 2. The van der Waals surface area contributed by atoms with Crippen LogP contribution in [0.1, 0.15) is 18.4 Å². The van der Waals surface area contributed by atoms with Crippen LogP contribution >= 0.6 is 0 Å². The van der Waals surface area contributed by atoms with Gasteiger partial charge >= 0.3 is 11.9 Å². The number of methoxy groups -OCH3 is 1. The van der Waals surface area contributed by atoms with E-state index in [1.54, 1.807) is 0 Å². The fourth-order valence-corrected chi connectivity index (χ4v) is 2.22. The maximum absolute atomic E-state index is 13.8. The molecule has 0 bridgehead atoms. The number of carboxylic acid groups (broad SMARTS) is 1. The molecule has 0 fully saturated rings. The predicted molar refractivity (Wildman–Crippen MR) is 75.3 cm³/mol. The quantitative estimate of drug-likeness (QED) is 0.328. The first-order chi connectivity index (χ1) is 11.2. The highest BCUT2D eigenvalue weighted by molar-refractivity contribution is 5.95. The molecule has 0 amide bonds. The van der Waals surface area contributed by atoms with Crippen LogP contribution < -0.4 is 4.74 Å². The van der Waals surface area contributed by atoms with E-state index >= 15 is 0 Å². The van der Waals surface area contributed by atoms with Gasteiger partial charge in [-0.05, 0) is 24.6 Å². The molecule has 0 heterocycles. The molecule has 0 aliphatic heterocycles. The van der Waals surface area contributed by atoms with Crippen LogP contribution in [0.3, 0.4) is 0 Å². The maximum Gasteiger partial charge on any atom is 0.321 e. The molecular weight excluding hydrogens is 332 g/mol. The standard InChI is InChI=1S/C14H15F2NO7/c1-3-24-14(20)11(13(18)19)8(6-17(21)22)7-4-9(15)12(23-2)10(16)5-7/h4-5,8,11H,3,6H2,1-2H3,(H,18,19). The Bertz CT molecular complexity index is 627. The molecule has 0 aliphatic carbocycles. The smallest absolute Gasteiger partial charge is 0.321 e. The average molecular weight is 347 g/mol. The van der Waals surface area contributed by atoms with Crippen LogP contribution in [-0.2, 0) is 14.3 Å². The zero-order valence-electron chi connectivity index (χ0n) is 12.8. The van der Waals surface area contributed by atoms with Crippen LogP contribution in [0.25, 0.3) is 0 Å². The number of nitro groups is 1. The van der Waals surface area contributed by atoms with E-state index in [-0.39, 0.29) is 12.2 Å². The summed E-state index contributed by atoms with van der Waals surface area (Å²) < 4.78 is 36.7. The van der Waals surface area contributed by atoms with E-state index < -0.39 is 52.6 Å². The Balaban J connectivity index is 3.42. The fourth-order valence-electron chi connectivity index (χ4n) is 2.22. The van der Waals surface area contributed by atoms with Gasteiger partial charge in [-0.15, -0.1) is 0 Å². The van der Waals surface area contributed by atoms with Gasteiger partial charge in [0, 0.05) is 4.92 Å². The normalized spacial score (nSPS) is 13.0. The molecule has 132 valence electrons. The van der Waals surface area contributed by atoms with Crippen LogP contribution in [0.2, 0.25) is 0 Å². The second-order valence-electron chi connectivity index (χ2n) is 4.71. The van der Waals surface area contributed by atoms with Crippen molar-refractivity contribution in [2.75, 3.05) is 20.3 Å². The lowest BCUT2D eigenvalue weighted by Crippen LogP contribution is -2.35. The largest absolute Gasteiger partial charge is 0.491 e. The summed E-state index contributed by atoms with van der Waals surface area (Å²) in [5.41, 5.74) is -0.358. The second kappa shape index (κ2) is 8.18. The topological polar surface area (TPSA) is 116 Å². The maximum atomic E-state index is 13.8. The summed E-state index contributed by atoms with van der Waals surface area (Å²) in [7, 11) is 1.02. The van der Waals surface area contributed by atoms with Crippen molar-refractivity contribution in [2.24, 2.45) is 5.92 Å². The highest BCUT2D eigenvalue weighted by atomic mass is 19.1. The van der Waals surface area contributed by atoms with Gasteiger partial charge in [0.15, 0.2) is 23.3 Å². The van der Waals surface area contributed by atoms with Crippen molar-refractivity contribution in [3.8, 4) is 5.75 Å². The number of hydrogen-bond donors (Lipinski definition) is 1. The molecule has 0 aliphatic rings. The number of carboxylic acids is 1. The molecule has 0 aromatic heterocycles. The summed E-state index contributed by atoms with van der Waals surface area (Å²) in [6.07, 6.45) is 0. The summed E-state index contributed by atoms with van der Waals surface area (Å²) in [4.78, 5) is 33.2. The number of esters is 1. The highest BCUT2D eigenvalue weighted by Gasteiger charge is 2.41. The molecule has 2 atom stereocenters. The first-order valence-corrected chi connectivity index (χ1v) is 6.77. The van der Waals surface area contributed by atoms with Crippen molar-refractivity contribution >= 4 is 11.9 Å². The van der Waals surface area contributed by atoms with E-state index in [4.69, 9.17) is 0 Å². The minimum Gasteiger partial charge on any atom is -0.491 e. The summed E-state index contributed by atoms with van der Waals surface area (Å²) >= 11 is 0. The van der Waals surface area contributed by atoms with Gasteiger partial charge in [-0.25, -0.2) is 8.78 Å². The molecule has 0 saturated heterocycles. The second-order valence-corrected chi connectivity index (χ2v) is 4.71. The van der Waals surface area contributed by atoms with Gasteiger partial charge in [0.05, 0.1) is 19.6 Å². The number of ether oxygens (including phenoxy) is 2. The molecule has 1 aromatic carbocycles. The number of rotatable bonds is 8. The Morgan fingerprint density at radius 3 is 2.25 bits per heavy atom. The molecule has 24 heavy (non-hydrogen) atoms. The van der Waals surface area contributed by atoms with Crippen LogP contribution in [0.15, 0.2) is 12.1 Å². The Morgan fingerprint density at radius 1 is 1.33 bits per heavy atom. The highest BCUT2D eigenvalue weighted by Crippen LogP contribution is 2.32. The van der Waals surface area contributed by atoms with E-state index in [2.05, 4.69) is 9.47 Å². The molecule has 0 radical (unpaired) electrons. The fraction of sp³-hybridized carbons (Fsp3) is 0.429. The van der Waals surface area contributed by atoms with Crippen molar-refractivity contribution in [1.29, 1.82) is 0 Å². The molecule has 1 N–H and O–H groups in total. The summed E-state index contributed by atoms with van der Waals surface area (Å²) in [5.74, 6) is -9.59. The Morgan fingerprint density at radius 2 is 1.88 bits per heavy atom. The number of hydrogen-bond acceptors (Lipinski definition) is 6. The summed E-state index contributed by atoms with van der Waals surface area (Å²) in [5, 5.41) is 20.1. The molecule has 1 rings (SSSR count). The number of carbonyl (C=O) groups is 2. The van der Waals surface area contributed by atoms with Gasteiger partial charge in [0.25, 0.3) is 0 Å². The molecule has 8 nitrogen and oxygen atoms in total. The van der Waals surface area contributed by atoms with E-state index in [9.17, 15) is 33.6 Å². The third-order valence-electron chi connectivity index (χ3n) is 3.21. The zero-order valence-corrected chi connectivity index (χ0v) is 12.8. The summed E-state index contributed by atoms with van der Waals surface area (Å²) in [6.45, 7) is 0.242. The SMILES string of the molecule is CCOC(=O)C(C(=O)O)C(C[N+](=O)[O-])c1cc(F)c(OC)c(F)c1. The minimum atomic E-state index is -1.98. The van der Waals surface area contributed by atoms with Crippen molar-refractivity contribution in [3.63, 3.8) is 0 Å². The molecule has 0 saturated carbocycles. The molecular formula is C14H15F2NO7. The average Bonchev–Trinajstić information content (AvgIpc) is 2.45. The molecule has 1 aromatic rings. The van der Waals surface area contributed by atoms with Crippen molar-refractivity contribution in [3.05, 3.63) is 39.4 Å². The van der Waals surface area contributed by atoms with Crippen molar-refractivity contribution in [1.82, 2.24) is 0 Å². The summed E-state index contributed by atoms with van der Waals surface area (Å²) in [6, 6.07) is 1.40. The third-order valence-corrected chi connectivity index (χ3v) is 3.21. The van der Waals surface area contributed by atoms with Gasteiger partial charge in [0.2, 0.25) is 6.54 Å². The lowest BCUT2D eigenvalue weighted by atomic mass is 9.85. The number of benzene rings is 1. The van der Waals surface area contributed by atoms with E-state index in [1.807, 2.05) is 0 Å². The van der Waals surface area contributed by atoms with Crippen LogP contribution in [0, 0.1) is 27.7 Å². The number of carbonyl (C=O) groups excluding carboxylic acids is 1. The van der Waals surface area contributed by atoms with Crippen LogP contribution in [0.4, 0.5) is 8.78 Å². The van der Waals surface area contributed by atoms with Crippen molar-refractivity contribution in [2.45, 2.75) is 12.8 Å².